The van der Waals surface area contributed by atoms with Crippen molar-refractivity contribution in [1.82, 2.24) is 24.7 Å². The second-order valence-electron chi connectivity index (χ2n) is 11.6. The Morgan fingerprint density at radius 3 is 2.55 bits per heavy atom. The van der Waals surface area contributed by atoms with Gasteiger partial charge < -0.3 is 24.8 Å². The number of alkyl halides is 1. The van der Waals surface area contributed by atoms with E-state index in [2.05, 4.69) is 51.4 Å². The largest absolute Gasteiger partial charge is 0.374 e. The number of nitrogens with one attached hydrogen (secondary N) is 1. The van der Waals surface area contributed by atoms with Gasteiger partial charge in [0, 0.05) is 88.9 Å². The second-order valence-corrected chi connectivity index (χ2v) is 11.6. The van der Waals surface area contributed by atoms with Crippen LogP contribution < -0.4 is 10.2 Å². The third kappa shape index (κ3) is 6.17. The lowest BCUT2D eigenvalue weighted by Gasteiger charge is -2.45. The molecule has 0 aliphatic carbocycles. The van der Waals surface area contributed by atoms with Crippen molar-refractivity contribution in [3.8, 4) is 0 Å². The van der Waals surface area contributed by atoms with Crippen LogP contribution in [0.1, 0.15) is 46.1 Å². The highest BCUT2D eigenvalue weighted by atomic mass is 19.1. The van der Waals surface area contributed by atoms with Crippen LogP contribution in [0.3, 0.4) is 0 Å². The normalized spacial score (nSPS) is 22.6. The Kier molecular flexibility index (Phi) is 8.75. The van der Waals surface area contributed by atoms with Crippen molar-refractivity contribution < 1.29 is 13.9 Å². The van der Waals surface area contributed by atoms with Crippen LogP contribution in [0.5, 0.6) is 0 Å². The Morgan fingerprint density at radius 2 is 1.93 bits per heavy atom. The number of hydrogen-bond donors (Lipinski definition) is 1. The van der Waals surface area contributed by atoms with Crippen molar-refractivity contribution in [2.75, 3.05) is 63.9 Å². The van der Waals surface area contributed by atoms with E-state index in [-0.39, 0.29) is 23.6 Å². The van der Waals surface area contributed by atoms with Gasteiger partial charge in [-0.05, 0) is 58.7 Å². The molecule has 0 radical (unpaired) electrons. The highest BCUT2D eigenvalue weighted by Crippen LogP contribution is 2.37. The number of hydrogen-bond acceptors (Lipinski definition) is 6. The monoisotopic (exact) mass is 553 g/mol. The van der Waals surface area contributed by atoms with Crippen molar-refractivity contribution in [3.05, 3.63) is 42.2 Å². The Bertz CT molecular complexity index is 1220. The van der Waals surface area contributed by atoms with Crippen molar-refractivity contribution >= 4 is 22.9 Å². The first-order valence-electron chi connectivity index (χ1n) is 14.8. The van der Waals surface area contributed by atoms with E-state index in [0.29, 0.717) is 32.8 Å². The summed E-state index contributed by atoms with van der Waals surface area (Å²) in [7, 11) is 0. The number of dihydropyridines is 1. The molecule has 1 unspecified atom stereocenters. The Morgan fingerprint density at radius 1 is 1.18 bits per heavy atom. The molecule has 40 heavy (non-hydrogen) atoms. The van der Waals surface area contributed by atoms with E-state index < -0.39 is 6.17 Å². The van der Waals surface area contributed by atoms with Crippen LogP contribution >= 0.6 is 0 Å². The average molecular weight is 554 g/mol. The summed E-state index contributed by atoms with van der Waals surface area (Å²) in [6.07, 6.45) is 9.25. The molecule has 0 aromatic carbocycles. The van der Waals surface area contributed by atoms with E-state index in [4.69, 9.17) is 9.73 Å². The minimum absolute atomic E-state index is 0.00549. The van der Waals surface area contributed by atoms with Crippen LogP contribution in [0.25, 0.3) is 5.52 Å². The van der Waals surface area contributed by atoms with Crippen molar-refractivity contribution in [1.29, 1.82) is 0 Å². The molecule has 1 N–H and O–H groups in total. The number of carbonyl (C=O) groups excluding carboxylic acids is 1. The van der Waals surface area contributed by atoms with Gasteiger partial charge in [0.1, 0.15) is 6.17 Å². The highest BCUT2D eigenvalue weighted by molar-refractivity contribution is 6.10. The van der Waals surface area contributed by atoms with E-state index in [1.165, 1.54) is 0 Å². The number of anilines is 1. The molecule has 5 heterocycles. The molecule has 0 bridgehead atoms. The van der Waals surface area contributed by atoms with Gasteiger partial charge in [0.2, 0.25) is 0 Å². The maximum atomic E-state index is 13.5. The summed E-state index contributed by atoms with van der Waals surface area (Å²) < 4.78 is 21.9. The fraction of sp³-hybridized carbons (Fsp3) is 0.633. The van der Waals surface area contributed by atoms with Gasteiger partial charge >= 0.3 is 6.03 Å². The third-order valence-corrected chi connectivity index (χ3v) is 8.37. The number of likely N-dealkylation sites (tertiary alicyclic amines) is 1. The smallest absolute Gasteiger partial charge is 0.317 e. The molecule has 2 amide bonds. The third-order valence-electron chi connectivity index (χ3n) is 8.37. The molecule has 218 valence electrons. The first-order valence-corrected chi connectivity index (χ1v) is 14.8. The van der Waals surface area contributed by atoms with Gasteiger partial charge in [0.05, 0.1) is 22.5 Å². The number of aliphatic imine (C=N–C) groups is 1. The number of piperazine rings is 1. The van der Waals surface area contributed by atoms with Gasteiger partial charge in [0.25, 0.3) is 0 Å². The van der Waals surface area contributed by atoms with E-state index >= 15 is 0 Å². The van der Waals surface area contributed by atoms with Crippen LogP contribution in [-0.2, 0) is 4.74 Å². The molecule has 3 aliphatic heterocycles. The quantitative estimate of drug-likeness (QED) is 0.539. The van der Waals surface area contributed by atoms with E-state index in [0.717, 1.165) is 61.5 Å². The number of amides is 2. The number of carbonyl (C=O) groups is 1. The lowest BCUT2D eigenvalue weighted by atomic mass is 9.77. The number of urea groups is 1. The molecule has 5 rings (SSSR count). The SMILES string of the molecule is CCOC1(C2C=CC(c3cc4c(N5CCN(C(=O)NC(C)C)CC5)ccnn4c3)=NC2)CCN(C[C@@H](C)F)CC1. The van der Waals surface area contributed by atoms with E-state index in [1.807, 2.05) is 35.7 Å². The number of nitrogens with zero attached hydrogens (tertiary/aromatic N) is 6. The summed E-state index contributed by atoms with van der Waals surface area (Å²) in [5.74, 6) is 0.205. The van der Waals surface area contributed by atoms with Gasteiger partial charge in [-0.1, -0.05) is 6.08 Å². The molecular formula is C30H44FN7O2. The highest BCUT2D eigenvalue weighted by Gasteiger charge is 2.42. The molecule has 2 fully saturated rings. The number of allylic oxidation sites excluding steroid dienone is 1. The zero-order chi connectivity index (χ0) is 28.3. The standard InChI is InChI=1S/C30H44FN7O2/c1-5-40-30(9-12-35(13-10-30)20-23(4)31)25-6-7-26(32-19-25)24-18-28-27(8-11-33-38(28)21-24)36-14-16-37(17-15-36)29(39)34-22(2)3/h6-8,11,18,21-23,25H,5,9-10,12-17,19-20H2,1-4H3,(H,34,39)/t23-,25?/m1/s1. The molecular weight excluding hydrogens is 509 g/mol. The van der Waals surface area contributed by atoms with Crippen molar-refractivity contribution in [2.24, 2.45) is 10.9 Å². The average Bonchev–Trinajstić information content (AvgIpc) is 3.39. The minimum atomic E-state index is -0.810. The predicted molar refractivity (Wildman–Crippen MR) is 157 cm³/mol. The van der Waals surface area contributed by atoms with Crippen LogP contribution in [0.15, 0.2) is 41.7 Å². The number of rotatable bonds is 8. The second kappa shape index (κ2) is 12.3. The fourth-order valence-corrected chi connectivity index (χ4v) is 6.32. The lowest BCUT2D eigenvalue weighted by molar-refractivity contribution is -0.105. The van der Waals surface area contributed by atoms with Gasteiger partial charge in [-0.2, -0.15) is 5.10 Å². The molecule has 0 saturated carbocycles. The minimum Gasteiger partial charge on any atom is -0.374 e. The van der Waals surface area contributed by atoms with Gasteiger partial charge in [-0.15, -0.1) is 0 Å². The molecule has 10 heteroatoms. The zero-order valence-corrected chi connectivity index (χ0v) is 24.4. The Hall–Kier alpha value is -2.98. The molecule has 2 aromatic rings. The summed E-state index contributed by atoms with van der Waals surface area (Å²) in [4.78, 5) is 23.9. The summed E-state index contributed by atoms with van der Waals surface area (Å²) in [6.45, 7) is 14.1. The van der Waals surface area contributed by atoms with Crippen molar-refractivity contribution in [3.63, 3.8) is 0 Å². The first-order chi connectivity index (χ1) is 19.3. The molecule has 0 spiro atoms. The molecule has 3 aliphatic rings. The van der Waals surface area contributed by atoms with Crippen LogP contribution in [0, 0.1) is 5.92 Å². The van der Waals surface area contributed by atoms with Gasteiger partial charge in [0.15, 0.2) is 0 Å². The summed E-state index contributed by atoms with van der Waals surface area (Å²) in [5.41, 5.74) is 3.91. The zero-order valence-electron chi connectivity index (χ0n) is 24.4. The summed E-state index contributed by atoms with van der Waals surface area (Å²) >= 11 is 0. The maximum absolute atomic E-state index is 13.5. The van der Waals surface area contributed by atoms with Crippen molar-refractivity contribution in [2.45, 2.75) is 58.4 Å². The molecule has 2 saturated heterocycles. The van der Waals surface area contributed by atoms with E-state index in [9.17, 15) is 9.18 Å². The number of ether oxygens (including phenoxy) is 1. The van der Waals surface area contributed by atoms with Crippen LogP contribution in [0.4, 0.5) is 14.9 Å². The van der Waals surface area contributed by atoms with Crippen LogP contribution in [-0.4, -0.2) is 108 Å². The van der Waals surface area contributed by atoms with Gasteiger partial charge in [-0.3, -0.25) is 4.99 Å². The maximum Gasteiger partial charge on any atom is 0.317 e. The number of fused-ring (bicyclic) bond motifs is 1. The molecule has 9 nitrogen and oxygen atoms in total. The molecule has 2 atom stereocenters. The van der Waals surface area contributed by atoms with E-state index in [1.54, 1.807) is 6.92 Å². The van der Waals surface area contributed by atoms with Crippen LogP contribution in [0.2, 0.25) is 0 Å². The molecule has 2 aromatic heterocycles. The summed E-state index contributed by atoms with van der Waals surface area (Å²) in [6, 6.07) is 4.36. The number of piperidine rings is 1. The number of halogens is 1. The summed E-state index contributed by atoms with van der Waals surface area (Å²) in [5, 5.41) is 7.55. The topological polar surface area (TPSA) is 77.7 Å². The predicted octanol–water partition coefficient (Wildman–Crippen LogP) is 3.78. The first kappa shape index (κ1) is 28.5. The fourth-order valence-electron chi connectivity index (χ4n) is 6.32. The Labute approximate surface area is 237 Å². The number of aromatic nitrogens is 2. The van der Waals surface area contributed by atoms with Gasteiger partial charge in [-0.25, -0.2) is 13.7 Å². The Balaban J connectivity index is 1.26. The lowest BCUT2D eigenvalue weighted by Crippen LogP contribution is -2.53.